The predicted octanol–water partition coefficient (Wildman–Crippen LogP) is 2.19. The second-order valence-corrected chi connectivity index (χ2v) is 5.89. The highest BCUT2D eigenvalue weighted by molar-refractivity contribution is 5.94. The lowest BCUT2D eigenvalue weighted by Gasteiger charge is -2.20. The third kappa shape index (κ3) is 2.27. The number of hydrogen-bond donors (Lipinski definition) is 2. The molecule has 4 rings (SSSR count). The average molecular weight is 286 g/mol. The molecule has 2 aromatic rings. The fourth-order valence-corrected chi connectivity index (χ4v) is 2.69. The Morgan fingerprint density at radius 1 is 1.19 bits per heavy atom. The van der Waals surface area contributed by atoms with Crippen molar-refractivity contribution in [3.05, 3.63) is 24.4 Å². The first kappa shape index (κ1) is 12.7. The molecular weight excluding hydrogens is 268 g/mol. The molecule has 0 bridgehead atoms. The number of anilines is 1. The summed E-state index contributed by atoms with van der Waals surface area (Å²) < 4.78 is 11.3. The smallest absolute Gasteiger partial charge is 0.162 e. The standard InChI is InChI=1S/C16H18N2O3/c19-10-16(2-3-16)9-18-15-12-8-14-13(20-5-6-21-14)7-11(12)1-4-17-15/h1,4,7-8,19H,2-3,5-6,9-10H2,(H,17,18). The Morgan fingerprint density at radius 2 is 1.95 bits per heavy atom. The van der Waals surface area contributed by atoms with Gasteiger partial charge >= 0.3 is 0 Å². The van der Waals surface area contributed by atoms with E-state index in [9.17, 15) is 5.11 Å². The molecule has 0 radical (unpaired) electrons. The maximum atomic E-state index is 9.41. The topological polar surface area (TPSA) is 63.6 Å². The first-order chi connectivity index (χ1) is 10.3. The molecular formula is C16H18N2O3. The summed E-state index contributed by atoms with van der Waals surface area (Å²) in [6, 6.07) is 5.95. The number of benzene rings is 1. The summed E-state index contributed by atoms with van der Waals surface area (Å²) in [6.07, 6.45) is 3.94. The summed E-state index contributed by atoms with van der Waals surface area (Å²) in [5, 5.41) is 14.9. The van der Waals surface area contributed by atoms with E-state index in [2.05, 4.69) is 10.3 Å². The molecule has 1 fully saturated rings. The van der Waals surface area contributed by atoms with E-state index >= 15 is 0 Å². The number of nitrogens with one attached hydrogen (secondary N) is 1. The number of rotatable bonds is 4. The summed E-state index contributed by atoms with van der Waals surface area (Å²) in [5.74, 6) is 2.40. The van der Waals surface area contributed by atoms with E-state index in [4.69, 9.17) is 9.47 Å². The molecule has 21 heavy (non-hydrogen) atoms. The Bertz CT molecular complexity index is 683. The highest BCUT2D eigenvalue weighted by Crippen LogP contribution is 2.45. The fraction of sp³-hybridized carbons (Fsp3) is 0.438. The number of pyridine rings is 1. The second kappa shape index (κ2) is 4.77. The Kier molecular flexibility index (Phi) is 2.89. The van der Waals surface area contributed by atoms with E-state index in [0.29, 0.717) is 13.2 Å². The van der Waals surface area contributed by atoms with Gasteiger partial charge in [0.25, 0.3) is 0 Å². The lowest BCUT2D eigenvalue weighted by atomic mass is 10.1. The van der Waals surface area contributed by atoms with E-state index in [1.54, 1.807) is 6.20 Å². The molecule has 0 unspecified atom stereocenters. The number of hydrogen-bond acceptors (Lipinski definition) is 5. The fourth-order valence-electron chi connectivity index (χ4n) is 2.69. The molecule has 5 heteroatoms. The Hall–Kier alpha value is -2.01. The van der Waals surface area contributed by atoms with Gasteiger partial charge in [-0.1, -0.05) is 0 Å². The lowest BCUT2D eigenvalue weighted by Crippen LogP contribution is -2.19. The average Bonchev–Trinajstić information content (AvgIpc) is 3.31. The van der Waals surface area contributed by atoms with Crippen LogP contribution in [-0.4, -0.2) is 36.5 Å². The van der Waals surface area contributed by atoms with Gasteiger partial charge in [-0.2, -0.15) is 0 Å². The van der Waals surface area contributed by atoms with Gasteiger partial charge in [0.2, 0.25) is 0 Å². The molecule has 0 saturated heterocycles. The summed E-state index contributed by atoms with van der Waals surface area (Å²) in [7, 11) is 0. The zero-order valence-electron chi connectivity index (χ0n) is 11.8. The van der Waals surface area contributed by atoms with Crippen molar-refractivity contribution in [1.29, 1.82) is 0 Å². The zero-order chi connectivity index (χ0) is 14.3. The van der Waals surface area contributed by atoms with Gasteiger partial charge in [-0.05, 0) is 36.4 Å². The van der Waals surface area contributed by atoms with E-state index in [1.165, 1.54) is 0 Å². The van der Waals surface area contributed by atoms with Gasteiger partial charge in [-0.15, -0.1) is 0 Å². The molecule has 1 aliphatic heterocycles. The maximum absolute atomic E-state index is 9.41. The third-order valence-electron chi connectivity index (χ3n) is 4.35. The van der Waals surface area contributed by atoms with Crippen LogP contribution in [0.2, 0.25) is 0 Å². The van der Waals surface area contributed by atoms with Crippen molar-refractivity contribution in [3.63, 3.8) is 0 Å². The van der Waals surface area contributed by atoms with Crippen molar-refractivity contribution in [1.82, 2.24) is 4.98 Å². The largest absolute Gasteiger partial charge is 0.486 e. The van der Waals surface area contributed by atoms with Crippen LogP contribution in [-0.2, 0) is 0 Å². The van der Waals surface area contributed by atoms with Crippen molar-refractivity contribution >= 4 is 16.6 Å². The highest BCUT2D eigenvalue weighted by atomic mass is 16.6. The molecule has 1 aromatic carbocycles. The first-order valence-electron chi connectivity index (χ1n) is 7.33. The number of fused-ring (bicyclic) bond motifs is 2. The van der Waals surface area contributed by atoms with Crippen LogP contribution >= 0.6 is 0 Å². The molecule has 1 aliphatic carbocycles. The van der Waals surface area contributed by atoms with Crippen LogP contribution in [0.25, 0.3) is 10.8 Å². The summed E-state index contributed by atoms with van der Waals surface area (Å²) in [5.41, 5.74) is 0.0532. The molecule has 110 valence electrons. The second-order valence-electron chi connectivity index (χ2n) is 5.89. The van der Waals surface area contributed by atoms with Crippen LogP contribution in [0.5, 0.6) is 11.5 Å². The minimum atomic E-state index is 0.0532. The summed E-state index contributed by atoms with van der Waals surface area (Å²) in [4.78, 5) is 4.43. The van der Waals surface area contributed by atoms with Crippen LogP contribution in [0, 0.1) is 5.41 Å². The maximum Gasteiger partial charge on any atom is 0.162 e. The SMILES string of the molecule is OCC1(CNc2nccc3cc4c(cc23)OCCO4)CC1. The van der Waals surface area contributed by atoms with Crippen LogP contribution < -0.4 is 14.8 Å². The van der Waals surface area contributed by atoms with Crippen molar-refractivity contribution in [2.24, 2.45) is 5.41 Å². The Morgan fingerprint density at radius 3 is 2.67 bits per heavy atom. The molecule has 2 N–H and O–H groups in total. The van der Waals surface area contributed by atoms with Gasteiger partial charge in [0, 0.05) is 23.5 Å². The third-order valence-corrected chi connectivity index (χ3v) is 4.35. The Balaban J connectivity index is 1.68. The van der Waals surface area contributed by atoms with Crippen LogP contribution in [0.15, 0.2) is 24.4 Å². The van der Waals surface area contributed by atoms with Gasteiger partial charge in [0.05, 0.1) is 6.61 Å². The number of aliphatic hydroxyl groups excluding tert-OH is 1. The van der Waals surface area contributed by atoms with Gasteiger partial charge < -0.3 is 19.9 Å². The molecule has 0 amide bonds. The first-order valence-corrected chi connectivity index (χ1v) is 7.33. The van der Waals surface area contributed by atoms with Crippen molar-refractivity contribution in [3.8, 4) is 11.5 Å². The zero-order valence-corrected chi connectivity index (χ0v) is 11.8. The van der Waals surface area contributed by atoms with Crippen molar-refractivity contribution in [2.75, 3.05) is 31.7 Å². The van der Waals surface area contributed by atoms with Crippen molar-refractivity contribution in [2.45, 2.75) is 12.8 Å². The molecule has 1 aromatic heterocycles. The molecule has 0 spiro atoms. The predicted molar refractivity (Wildman–Crippen MR) is 80.0 cm³/mol. The molecule has 2 heterocycles. The molecule has 2 aliphatic rings. The highest BCUT2D eigenvalue weighted by Gasteiger charge is 2.41. The Labute approximate surface area is 122 Å². The van der Waals surface area contributed by atoms with Gasteiger partial charge in [0.15, 0.2) is 11.5 Å². The summed E-state index contributed by atoms with van der Waals surface area (Å²) in [6.45, 7) is 2.16. The monoisotopic (exact) mass is 286 g/mol. The normalized spacial score (nSPS) is 18.5. The van der Waals surface area contributed by atoms with E-state index in [1.807, 2.05) is 18.2 Å². The van der Waals surface area contributed by atoms with E-state index < -0.39 is 0 Å². The lowest BCUT2D eigenvalue weighted by molar-refractivity contribution is 0.172. The van der Waals surface area contributed by atoms with Crippen LogP contribution in [0.1, 0.15) is 12.8 Å². The number of aromatic nitrogens is 1. The van der Waals surface area contributed by atoms with Gasteiger partial charge in [-0.25, -0.2) is 4.98 Å². The van der Waals surface area contributed by atoms with Gasteiger partial charge in [0.1, 0.15) is 19.0 Å². The van der Waals surface area contributed by atoms with Crippen LogP contribution in [0.3, 0.4) is 0 Å². The van der Waals surface area contributed by atoms with Crippen molar-refractivity contribution < 1.29 is 14.6 Å². The minimum absolute atomic E-state index is 0.0532. The van der Waals surface area contributed by atoms with Crippen LogP contribution in [0.4, 0.5) is 5.82 Å². The quantitative estimate of drug-likeness (QED) is 0.902. The van der Waals surface area contributed by atoms with Gasteiger partial charge in [-0.3, -0.25) is 0 Å². The van der Waals surface area contributed by atoms with E-state index in [-0.39, 0.29) is 12.0 Å². The molecule has 5 nitrogen and oxygen atoms in total. The number of ether oxygens (including phenoxy) is 2. The van der Waals surface area contributed by atoms with E-state index in [0.717, 1.165) is 47.5 Å². The number of nitrogens with zero attached hydrogens (tertiary/aromatic N) is 1. The molecule has 0 atom stereocenters. The minimum Gasteiger partial charge on any atom is -0.486 e. The summed E-state index contributed by atoms with van der Waals surface area (Å²) >= 11 is 0. The number of aliphatic hydroxyl groups is 1. The molecule has 1 saturated carbocycles.